The number of pyridine rings is 1. The van der Waals surface area contributed by atoms with Crippen LogP contribution in [0.25, 0.3) is 0 Å². The molecule has 2 amide bonds. The number of alkyl halides is 3. The summed E-state index contributed by atoms with van der Waals surface area (Å²) in [5, 5.41) is 21.6. The van der Waals surface area contributed by atoms with Crippen molar-refractivity contribution in [3.05, 3.63) is 47.7 Å². The maximum Gasteiger partial charge on any atom is 0.490 e. The number of carbonyl (C=O) groups excluding carboxylic acids is 2. The Bertz CT molecular complexity index is 1160. The van der Waals surface area contributed by atoms with Crippen molar-refractivity contribution in [2.75, 3.05) is 29.5 Å². The van der Waals surface area contributed by atoms with Crippen LogP contribution in [0.2, 0.25) is 0 Å². The Hall–Kier alpha value is -3.85. The highest BCUT2D eigenvalue weighted by Crippen LogP contribution is 2.34. The van der Waals surface area contributed by atoms with Gasteiger partial charge in [0.1, 0.15) is 12.4 Å². The number of aliphatic carboxylic acids is 2. The molecule has 1 aromatic carbocycles. The molecular formula is C22H24F3N5O6S. The van der Waals surface area contributed by atoms with E-state index in [1.807, 2.05) is 19.1 Å². The zero-order valence-corrected chi connectivity index (χ0v) is 20.2. The summed E-state index contributed by atoms with van der Waals surface area (Å²) in [5.41, 5.74) is 7.84. The number of hydrogen-bond donors (Lipinski definition) is 5. The topological polar surface area (TPSA) is 175 Å². The minimum Gasteiger partial charge on any atom is -0.480 e. The first-order chi connectivity index (χ1) is 17.3. The van der Waals surface area contributed by atoms with Crippen LogP contribution in [0, 0.1) is 6.92 Å². The van der Waals surface area contributed by atoms with Crippen LogP contribution in [0.1, 0.15) is 11.3 Å². The molecule has 1 aliphatic heterocycles. The number of amides is 2. The van der Waals surface area contributed by atoms with Crippen molar-refractivity contribution in [3.63, 3.8) is 0 Å². The van der Waals surface area contributed by atoms with Crippen molar-refractivity contribution >= 4 is 47.0 Å². The molecule has 0 bridgehead atoms. The summed E-state index contributed by atoms with van der Waals surface area (Å²) in [6.07, 6.45) is -5.08. The fraction of sp³-hybridized carbons (Fsp3) is 0.318. The summed E-state index contributed by atoms with van der Waals surface area (Å²) in [4.78, 5) is 51.9. The molecule has 0 fully saturated rings. The van der Waals surface area contributed by atoms with Crippen molar-refractivity contribution < 1.29 is 42.6 Å². The van der Waals surface area contributed by atoms with Gasteiger partial charge in [-0.15, -0.1) is 11.8 Å². The van der Waals surface area contributed by atoms with E-state index >= 15 is 0 Å². The first-order valence-electron chi connectivity index (χ1n) is 10.6. The number of nitrogen functional groups attached to an aromatic ring is 1. The van der Waals surface area contributed by atoms with E-state index in [9.17, 15) is 27.6 Å². The highest BCUT2D eigenvalue weighted by atomic mass is 32.2. The van der Waals surface area contributed by atoms with Gasteiger partial charge in [-0.1, -0.05) is 18.2 Å². The second-order valence-corrected chi connectivity index (χ2v) is 8.65. The van der Waals surface area contributed by atoms with Gasteiger partial charge in [-0.2, -0.15) is 13.2 Å². The van der Waals surface area contributed by atoms with E-state index in [1.165, 1.54) is 16.7 Å². The number of nitrogens with two attached hydrogens (primary N) is 1. The number of benzene rings is 1. The number of rotatable bonds is 7. The largest absolute Gasteiger partial charge is 0.490 e. The van der Waals surface area contributed by atoms with Gasteiger partial charge >= 0.3 is 18.1 Å². The normalized spacial score (nSPS) is 15.1. The van der Waals surface area contributed by atoms with Gasteiger partial charge in [0.15, 0.2) is 0 Å². The van der Waals surface area contributed by atoms with Crippen molar-refractivity contribution in [3.8, 4) is 0 Å². The molecule has 0 spiro atoms. The Morgan fingerprint density at radius 1 is 1.19 bits per heavy atom. The number of aromatic nitrogens is 1. The molecule has 0 radical (unpaired) electrons. The fourth-order valence-electron chi connectivity index (χ4n) is 3.06. The molecule has 2 heterocycles. The number of para-hydroxylation sites is 1. The summed E-state index contributed by atoms with van der Waals surface area (Å²) in [7, 11) is 0. The fourth-order valence-corrected chi connectivity index (χ4v) is 4.17. The lowest BCUT2D eigenvalue weighted by atomic mass is 10.2. The lowest BCUT2D eigenvalue weighted by molar-refractivity contribution is -0.192. The monoisotopic (exact) mass is 543 g/mol. The van der Waals surface area contributed by atoms with Crippen LogP contribution >= 0.6 is 11.8 Å². The van der Waals surface area contributed by atoms with Crippen LogP contribution in [0.3, 0.4) is 0 Å². The number of thioether (sulfide) groups is 1. The molecule has 2 aromatic rings. The zero-order valence-electron chi connectivity index (χ0n) is 19.4. The van der Waals surface area contributed by atoms with E-state index < -0.39 is 24.2 Å². The number of anilines is 2. The molecule has 1 aromatic heterocycles. The Kier molecular flexibility index (Phi) is 10.3. The van der Waals surface area contributed by atoms with Crippen LogP contribution in [0.5, 0.6) is 0 Å². The lowest BCUT2D eigenvalue weighted by Gasteiger charge is -2.25. The minimum absolute atomic E-state index is 0.177. The quantitative estimate of drug-likeness (QED) is 0.343. The smallest absolute Gasteiger partial charge is 0.480 e. The van der Waals surface area contributed by atoms with Gasteiger partial charge in [-0.05, 0) is 30.7 Å². The van der Waals surface area contributed by atoms with Gasteiger partial charge in [0.05, 0.1) is 18.3 Å². The molecular weight excluding hydrogens is 519 g/mol. The number of halogens is 3. The van der Waals surface area contributed by atoms with Crippen molar-refractivity contribution in [2.24, 2.45) is 0 Å². The van der Waals surface area contributed by atoms with Crippen LogP contribution in [-0.2, 0) is 25.7 Å². The van der Waals surface area contributed by atoms with Crippen molar-refractivity contribution in [1.82, 2.24) is 15.6 Å². The first kappa shape index (κ1) is 29.4. The van der Waals surface area contributed by atoms with Gasteiger partial charge in [0.2, 0.25) is 11.8 Å². The average Bonchev–Trinajstić information content (AvgIpc) is 2.94. The molecule has 0 aliphatic carbocycles. The van der Waals surface area contributed by atoms with E-state index in [0.717, 1.165) is 16.2 Å². The number of aryl methyl sites for hydroxylation is 1. The summed E-state index contributed by atoms with van der Waals surface area (Å²) >= 11 is 1.45. The second-order valence-electron chi connectivity index (χ2n) is 7.59. The molecule has 6 N–H and O–H groups in total. The summed E-state index contributed by atoms with van der Waals surface area (Å²) in [6, 6.07) is 10.1. The molecule has 1 atom stereocenters. The van der Waals surface area contributed by atoms with E-state index in [2.05, 4.69) is 15.6 Å². The Morgan fingerprint density at radius 3 is 2.43 bits per heavy atom. The molecule has 1 aliphatic rings. The molecule has 200 valence electrons. The van der Waals surface area contributed by atoms with E-state index in [1.54, 1.807) is 24.3 Å². The third-order valence-electron chi connectivity index (χ3n) is 4.86. The van der Waals surface area contributed by atoms with E-state index in [4.69, 9.17) is 20.7 Å². The summed E-state index contributed by atoms with van der Waals surface area (Å²) in [6.45, 7) is 1.55. The Labute approximate surface area is 213 Å². The number of carbonyl (C=O) groups is 4. The number of fused-ring (bicyclic) bond motifs is 1. The van der Waals surface area contributed by atoms with Gasteiger partial charge in [0.25, 0.3) is 0 Å². The van der Waals surface area contributed by atoms with Crippen LogP contribution < -0.4 is 21.3 Å². The standard InChI is InChI=1S/C20H23N5O4S.C2HF3O2/c1-12-13(6-7-17(21)24-12)8-23-18(26)10-25-15-4-2-3-5-16(15)30-11-14(20(25)29)22-9-19(27)28;3-2(4,5)1(6)7/h2-7,14,22H,8-11H2,1H3,(H2,21,24)(H,23,26)(H,27,28);(H,6,7)/t14-;/m1./s1. The lowest BCUT2D eigenvalue weighted by Crippen LogP contribution is -2.51. The van der Waals surface area contributed by atoms with Crippen LogP contribution in [0.15, 0.2) is 41.3 Å². The predicted octanol–water partition coefficient (Wildman–Crippen LogP) is 1.40. The third-order valence-corrected chi connectivity index (χ3v) is 6.02. The second kappa shape index (κ2) is 12.9. The van der Waals surface area contributed by atoms with Crippen molar-refractivity contribution in [1.29, 1.82) is 0 Å². The molecule has 11 nitrogen and oxygen atoms in total. The summed E-state index contributed by atoms with van der Waals surface area (Å²) < 4.78 is 31.7. The van der Waals surface area contributed by atoms with Crippen LogP contribution in [-0.4, -0.2) is 70.0 Å². The number of carboxylic acids is 2. The first-order valence-corrected chi connectivity index (χ1v) is 11.5. The zero-order chi connectivity index (χ0) is 27.8. The average molecular weight is 544 g/mol. The van der Waals surface area contributed by atoms with E-state index in [-0.39, 0.29) is 31.4 Å². The highest BCUT2D eigenvalue weighted by Gasteiger charge is 2.38. The number of carboxylic acid groups (broad SMARTS) is 2. The van der Waals surface area contributed by atoms with E-state index in [0.29, 0.717) is 17.3 Å². The SMILES string of the molecule is Cc1nc(N)ccc1CNC(=O)CN1C(=O)[C@H](NCC(=O)O)CSc2ccccc21.O=C(O)C(F)(F)F. The molecule has 37 heavy (non-hydrogen) atoms. The minimum atomic E-state index is -5.08. The molecule has 0 unspecified atom stereocenters. The molecule has 3 rings (SSSR count). The van der Waals surface area contributed by atoms with Crippen LogP contribution in [0.4, 0.5) is 24.7 Å². The van der Waals surface area contributed by atoms with Crippen molar-refractivity contribution in [2.45, 2.75) is 30.6 Å². The summed E-state index contributed by atoms with van der Waals surface area (Å²) in [5.74, 6) is -3.70. The van der Waals surface area contributed by atoms with Gasteiger partial charge in [0, 0.05) is 22.9 Å². The Morgan fingerprint density at radius 2 is 1.84 bits per heavy atom. The number of nitrogens with zero attached hydrogens (tertiary/aromatic N) is 2. The maximum atomic E-state index is 13.1. The van der Waals surface area contributed by atoms with Gasteiger partial charge in [-0.3, -0.25) is 19.7 Å². The number of nitrogens with one attached hydrogen (secondary N) is 2. The maximum absolute atomic E-state index is 13.1. The van der Waals surface area contributed by atoms with Gasteiger partial charge in [-0.25, -0.2) is 9.78 Å². The Balaban J connectivity index is 0.000000604. The predicted molar refractivity (Wildman–Crippen MR) is 128 cm³/mol. The number of hydrogen-bond acceptors (Lipinski definition) is 8. The van der Waals surface area contributed by atoms with Gasteiger partial charge < -0.3 is 26.2 Å². The molecule has 0 saturated carbocycles. The molecule has 0 saturated heterocycles. The third kappa shape index (κ3) is 8.95. The molecule has 15 heteroatoms. The highest BCUT2D eigenvalue weighted by molar-refractivity contribution is 7.99.